The second-order valence-electron chi connectivity index (χ2n) is 7.51. The van der Waals surface area contributed by atoms with Crippen LogP contribution in [0.3, 0.4) is 0 Å². The number of pyridine rings is 2. The highest BCUT2D eigenvalue weighted by Gasteiger charge is 2.16. The van der Waals surface area contributed by atoms with Crippen LogP contribution in [0, 0.1) is 12.1 Å². The standard InChI is InChI=1S/C14H14N2.C13H12N2/c1-2-6-13-11-16(10-8-12(13)5-1)14-7-3-4-9-15-14;1-15(13-9-5-6-10-14-13)11-12-7-3-2-4-8-12/h1-7,9H,8,10-11H2;3,5-10H,11H2,1H3. The third kappa shape index (κ3) is 5.61. The molecule has 0 atom stereocenters. The van der Waals surface area contributed by atoms with E-state index >= 15 is 0 Å². The summed E-state index contributed by atoms with van der Waals surface area (Å²) in [6, 6.07) is 32.4. The molecule has 0 unspecified atom stereocenters. The van der Waals surface area contributed by atoms with Crippen molar-refractivity contribution in [3.05, 3.63) is 120 Å². The van der Waals surface area contributed by atoms with E-state index in [1.54, 1.807) is 6.20 Å². The first-order valence-electron chi connectivity index (χ1n) is 10.5. The van der Waals surface area contributed by atoms with E-state index in [1.807, 2.05) is 61.8 Å². The molecule has 4 nitrogen and oxygen atoms in total. The average molecular weight is 407 g/mol. The van der Waals surface area contributed by atoms with Gasteiger partial charge in [-0.25, -0.2) is 9.97 Å². The van der Waals surface area contributed by atoms with E-state index in [4.69, 9.17) is 0 Å². The highest BCUT2D eigenvalue weighted by molar-refractivity contribution is 5.43. The molecule has 5 rings (SSSR count). The van der Waals surface area contributed by atoms with Crippen LogP contribution in [0.2, 0.25) is 0 Å². The van der Waals surface area contributed by atoms with Gasteiger partial charge in [0.25, 0.3) is 0 Å². The van der Waals surface area contributed by atoms with Gasteiger partial charge in [-0.1, -0.05) is 48.5 Å². The second-order valence-corrected chi connectivity index (χ2v) is 7.51. The van der Waals surface area contributed by atoms with Gasteiger partial charge in [0.05, 0.1) is 0 Å². The average Bonchev–Trinajstić information content (AvgIpc) is 2.86. The number of hydrogen-bond donors (Lipinski definition) is 0. The summed E-state index contributed by atoms with van der Waals surface area (Å²) in [5, 5.41) is 0. The van der Waals surface area contributed by atoms with Gasteiger partial charge in [0.15, 0.2) is 0 Å². The zero-order valence-electron chi connectivity index (χ0n) is 17.8. The monoisotopic (exact) mass is 406 g/mol. The summed E-state index contributed by atoms with van der Waals surface area (Å²) >= 11 is 0. The molecule has 0 saturated carbocycles. The van der Waals surface area contributed by atoms with Gasteiger partial charge in [0, 0.05) is 39.1 Å². The minimum atomic E-state index is 0.836. The SMILES string of the molecule is CN(Cc1cc#ccc1)c1ccccn1.c1ccc(N2CCc3ccccc3C2)nc1. The third-order valence-electron chi connectivity index (χ3n) is 5.29. The van der Waals surface area contributed by atoms with Gasteiger partial charge in [-0.3, -0.25) is 0 Å². The van der Waals surface area contributed by atoms with Crippen LogP contribution in [0.25, 0.3) is 0 Å². The Kier molecular flexibility index (Phi) is 6.77. The molecule has 2 aromatic heterocycles. The van der Waals surface area contributed by atoms with Crippen LogP contribution in [0.4, 0.5) is 11.6 Å². The molecule has 2 aromatic carbocycles. The Morgan fingerprint density at radius 3 is 2.35 bits per heavy atom. The minimum absolute atomic E-state index is 0.836. The maximum Gasteiger partial charge on any atom is 0.128 e. The van der Waals surface area contributed by atoms with Crippen molar-refractivity contribution in [1.82, 2.24) is 9.97 Å². The normalized spacial score (nSPS) is 12.1. The largest absolute Gasteiger partial charge is 0.355 e. The molecule has 0 spiro atoms. The molecule has 0 fully saturated rings. The van der Waals surface area contributed by atoms with E-state index in [0.717, 1.165) is 37.7 Å². The van der Waals surface area contributed by atoms with Gasteiger partial charge in [-0.2, -0.15) is 0 Å². The zero-order valence-corrected chi connectivity index (χ0v) is 17.8. The topological polar surface area (TPSA) is 32.3 Å². The van der Waals surface area contributed by atoms with Crippen molar-refractivity contribution in [2.24, 2.45) is 0 Å². The molecule has 154 valence electrons. The minimum Gasteiger partial charge on any atom is -0.355 e. The van der Waals surface area contributed by atoms with E-state index < -0.39 is 0 Å². The molecular weight excluding hydrogens is 380 g/mol. The van der Waals surface area contributed by atoms with Crippen LogP contribution < -0.4 is 9.80 Å². The molecule has 0 radical (unpaired) electrons. The third-order valence-corrected chi connectivity index (χ3v) is 5.29. The van der Waals surface area contributed by atoms with Gasteiger partial charge in [0.2, 0.25) is 0 Å². The number of hydrogen-bond acceptors (Lipinski definition) is 4. The van der Waals surface area contributed by atoms with Gasteiger partial charge in [-0.15, -0.1) is 0 Å². The number of benzene rings is 1. The lowest BCUT2D eigenvalue weighted by Gasteiger charge is -2.29. The van der Waals surface area contributed by atoms with Crippen LogP contribution >= 0.6 is 0 Å². The van der Waals surface area contributed by atoms with Crippen molar-refractivity contribution in [2.75, 3.05) is 23.4 Å². The summed E-state index contributed by atoms with van der Waals surface area (Å²) in [6.07, 6.45) is 4.78. The summed E-state index contributed by atoms with van der Waals surface area (Å²) in [7, 11) is 2.03. The van der Waals surface area contributed by atoms with Crippen LogP contribution in [0.1, 0.15) is 16.7 Å². The van der Waals surface area contributed by atoms with Crippen molar-refractivity contribution >= 4 is 11.6 Å². The van der Waals surface area contributed by atoms with E-state index in [9.17, 15) is 0 Å². The molecule has 0 bridgehead atoms. The Labute approximate surface area is 184 Å². The first-order chi connectivity index (χ1) is 15.3. The number of aromatic nitrogens is 2. The van der Waals surface area contributed by atoms with Gasteiger partial charge in [0.1, 0.15) is 11.6 Å². The van der Waals surface area contributed by atoms with Crippen molar-refractivity contribution in [1.29, 1.82) is 0 Å². The van der Waals surface area contributed by atoms with Crippen molar-refractivity contribution in [3.8, 4) is 0 Å². The number of rotatable bonds is 4. The summed E-state index contributed by atoms with van der Waals surface area (Å²) < 4.78 is 0. The van der Waals surface area contributed by atoms with Crippen LogP contribution in [-0.2, 0) is 19.5 Å². The summed E-state index contributed by atoms with van der Waals surface area (Å²) in [4.78, 5) is 13.1. The van der Waals surface area contributed by atoms with E-state index in [-0.39, 0.29) is 0 Å². The predicted molar refractivity (Wildman–Crippen MR) is 126 cm³/mol. The Morgan fingerprint density at radius 1 is 0.871 bits per heavy atom. The highest BCUT2D eigenvalue weighted by atomic mass is 15.2. The number of anilines is 2. The van der Waals surface area contributed by atoms with Gasteiger partial charge in [-0.05, 0) is 65.6 Å². The molecule has 3 heterocycles. The molecule has 0 aliphatic carbocycles. The second kappa shape index (κ2) is 10.3. The Morgan fingerprint density at radius 2 is 1.65 bits per heavy atom. The van der Waals surface area contributed by atoms with Crippen molar-refractivity contribution in [2.45, 2.75) is 19.5 Å². The molecule has 0 saturated heterocycles. The van der Waals surface area contributed by atoms with E-state index in [2.05, 4.69) is 62.2 Å². The maximum absolute atomic E-state index is 4.40. The fraction of sp³-hybridized carbons (Fsp3) is 0.185. The Hall–Kier alpha value is -3.84. The highest BCUT2D eigenvalue weighted by Crippen LogP contribution is 2.22. The molecule has 4 heteroatoms. The zero-order chi connectivity index (χ0) is 21.3. The summed E-state index contributed by atoms with van der Waals surface area (Å²) in [5.41, 5.74) is 4.12. The molecule has 1 aliphatic heterocycles. The fourth-order valence-electron chi connectivity index (χ4n) is 3.64. The first kappa shape index (κ1) is 20.4. The smallest absolute Gasteiger partial charge is 0.128 e. The number of nitrogens with zero attached hydrogens (tertiary/aromatic N) is 4. The van der Waals surface area contributed by atoms with Crippen LogP contribution in [0.15, 0.2) is 91.3 Å². The van der Waals surface area contributed by atoms with Gasteiger partial charge < -0.3 is 9.80 Å². The van der Waals surface area contributed by atoms with Gasteiger partial charge >= 0.3 is 0 Å². The quantitative estimate of drug-likeness (QED) is 0.479. The van der Waals surface area contributed by atoms with E-state index in [0.29, 0.717) is 0 Å². The fourth-order valence-corrected chi connectivity index (χ4v) is 3.64. The lowest BCUT2D eigenvalue weighted by Crippen LogP contribution is -2.30. The molecule has 1 aliphatic rings. The van der Waals surface area contributed by atoms with Crippen molar-refractivity contribution < 1.29 is 0 Å². The Bertz CT molecular complexity index is 1050. The Balaban J connectivity index is 0.000000150. The molecule has 0 N–H and O–H groups in total. The van der Waals surface area contributed by atoms with Crippen LogP contribution in [-0.4, -0.2) is 23.6 Å². The van der Waals surface area contributed by atoms with E-state index in [1.165, 1.54) is 16.7 Å². The first-order valence-corrected chi connectivity index (χ1v) is 10.5. The summed E-state index contributed by atoms with van der Waals surface area (Å²) in [5.74, 6) is 2.06. The molecule has 31 heavy (non-hydrogen) atoms. The lowest BCUT2D eigenvalue weighted by molar-refractivity contribution is 0.721. The molecule has 4 aromatic rings. The molecule has 0 amide bonds. The molecular formula is C27H26N4. The summed E-state index contributed by atoms with van der Waals surface area (Å²) in [6.45, 7) is 2.88. The van der Waals surface area contributed by atoms with Crippen LogP contribution in [0.5, 0.6) is 0 Å². The lowest BCUT2D eigenvalue weighted by atomic mass is 10.00. The number of fused-ring (bicyclic) bond motifs is 1. The maximum atomic E-state index is 4.40. The van der Waals surface area contributed by atoms with Crippen molar-refractivity contribution in [3.63, 3.8) is 0 Å². The predicted octanol–water partition coefficient (Wildman–Crippen LogP) is 4.96.